The van der Waals surface area contributed by atoms with Gasteiger partial charge in [-0.05, 0) is 49.3 Å². The van der Waals surface area contributed by atoms with E-state index in [0.29, 0.717) is 18.0 Å². The quantitative estimate of drug-likeness (QED) is 0.826. The van der Waals surface area contributed by atoms with Gasteiger partial charge in [0.2, 0.25) is 0 Å². The molecule has 1 nitrogen and oxygen atoms in total. The summed E-state index contributed by atoms with van der Waals surface area (Å²) in [5, 5.41) is 3.67. The molecule has 3 rings (SSSR count). The fraction of sp³-hybridized carbons (Fsp3) is 0.571. The summed E-state index contributed by atoms with van der Waals surface area (Å²) in [4.78, 5) is 0. The van der Waals surface area contributed by atoms with Crippen LogP contribution in [0.15, 0.2) is 28.7 Å². The van der Waals surface area contributed by atoms with Gasteiger partial charge in [0.1, 0.15) is 6.17 Å². The molecule has 17 heavy (non-hydrogen) atoms. The molecule has 3 heteroatoms. The van der Waals surface area contributed by atoms with Gasteiger partial charge in [0.15, 0.2) is 0 Å². The maximum Gasteiger partial charge on any atom is 0.100 e. The molecule has 4 unspecified atom stereocenters. The van der Waals surface area contributed by atoms with Crippen LogP contribution in [-0.4, -0.2) is 12.2 Å². The smallest absolute Gasteiger partial charge is 0.100 e. The SMILES string of the molecule is FC1CCC2NC(c3ccc(Br)cc3)CC2C1. The van der Waals surface area contributed by atoms with E-state index in [2.05, 4.69) is 45.5 Å². The highest BCUT2D eigenvalue weighted by Crippen LogP contribution is 2.40. The van der Waals surface area contributed by atoms with E-state index >= 15 is 0 Å². The van der Waals surface area contributed by atoms with Crippen LogP contribution in [0, 0.1) is 5.92 Å². The van der Waals surface area contributed by atoms with Crippen LogP contribution in [0.5, 0.6) is 0 Å². The van der Waals surface area contributed by atoms with Crippen LogP contribution >= 0.6 is 15.9 Å². The molecule has 1 aliphatic heterocycles. The van der Waals surface area contributed by atoms with E-state index in [1.54, 1.807) is 0 Å². The largest absolute Gasteiger partial charge is 0.307 e. The minimum atomic E-state index is -0.568. The molecule has 0 spiro atoms. The van der Waals surface area contributed by atoms with Crippen molar-refractivity contribution in [3.05, 3.63) is 34.3 Å². The molecule has 4 atom stereocenters. The van der Waals surface area contributed by atoms with Gasteiger partial charge >= 0.3 is 0 Å². The minimum absolute atomic E-state index is 0.420. The van der Waals surface area contributed by atoms with Crippen LogP contribution in [0.3, 0.4) is 0 Å². The summed E-state index contributed by atoms with van der Waals surface area (Å²) in [5.74, 6) is 0.535. The third kappa shape index (κ3) is 2.41. The lowest BCUT2D eigenvalue weighted by Crippen LogP contribution is -2.33. The first kappa shape index (κ1) is 11.7. The minimum Gasteiger partial charge on any atom is -0.307 e. The lowest BCUT2D eigenvalue weighted by atomic mass is 9.83. The first-order valence-corrected chi connectivity index (χ1v) is 7.17. The van der Waals surface area contributed by atoms with Gasteiger partial charge in [-0.1, -0.05) is 28.1 Å². The first-order chi connectivity index (χ1) is 8.22. The van der Waals surface area contributed by atoms with Crippen molar-refractivity contribution in [3.63, 3.8) is 0 Å². The van der Waals surface area contributed by atoms with Crippen LogP contribution in [0.4, 0.5) is 4.39 Å². The molecule has 0 bridgehead atoms. The second-order valence-electron chi connectivity index (χ2n) is 5.28. The Hall–Kier alpha value is -0.410. The molecule has 1 aliphatic carbocycles. The van der Waals surface area contributed by atoms with Gasteiger partial charge in [-0.3, -0.25) is 0 Å². The highest BCUT2D eigenvalue weighted by atomic mass is 79.9. The summed E-state index contributed by atoms with van der Waals surface area (Å²) in [7, 11) is 0. The number of rotatable bonds is 1. The molecule has 1 saturated carbocycles. The van der Waals surface area contributed by atoms with Crippen molar-refractivity contribution in [2.24, 2.45) is 5.92 Å². The van der Waals surface area contributed by atoms with Crippen LogP contribution in [0.1, 0.15) is 37.3 Å². The van der Waals surface area contributed by atoms with Gasteiger partial charge in [-0.25, -0.2) is 4.39 Å². The van der Waals surface area contributed by atoms with Crippen molar-refractivity contribution in [3.8, 4) is 0 Å². The van der Waals surface area contributed by atoms with Crippen molar-refractivity contribution in [2.45, 2.75) is 43.9 Å². The molecular formula is C14H17BrFN. The van der Waals surface area contributed by atoms with Crippen molar-refractivity contribution in [1.29, 1.82) is 0 Å². The number of benzene rings is 1. The molecule has 0 aromatic heterocycles. The highest BCUT2D eigenvalue weighted by Gasteiger charge is 2.38. The monoisotopic (exact) mass is 297 g/mol. The van der Waals surface area contributed by atoms with Crippen LogP contribution in [-0.2, 0) is 0 Å². The Bertz CT molecular complexity index is 392. The number of fused-ring (bicyclic) bond motifs is 1. The van der Waals surface area contributed by atoms with E-state index in [9.17, 15) is 4.39 Å². The Kier molecular flexibility index (Phi) is 3.22. The number of halogens is 2. The van der Waals surface area contributed by atoms with Crippen LogP contribution < -0.4 is 5.32 Å². The first-order valence-electron chi connectivity index (χ1n) is 6.38. The van der Waals surface area contributed by atoms with Gasteiger partial charge < -0.3 is 5.32 Å². The van der Waals surface area contributed by atoms with Crippen molar-refractivity contribution >= 4 is 15.9 Å². The van der Waals surface area contributed by atoms with Crippen molar-refractivity contribution in [1.82, 2.24) is 5.32 Å². The number of hydrogen-bond donors (Lipinski definition) is 1. The number of hydrogen-bond acceptors (Lipinski definition) is 1. The second kappa shape index (κ2) is 4.69. The van der Waals surface area contributed by atoms with E-state index in [1.807, 2.05) is 0 Å². The summed E-state index contributed by atoms with van der Waals surface area (Å²) in [6, 6.07) is 9.44. The Morgan fingerprint density at radius 3 is 2.65 bits per heavy atom. The zero-order valence-electron chi connectivity index (χ0n) is 9.70. The molecule has 2 fully saturated rings. The van der Waals surface area contributed by atoms with Gasteiger partial charge in [0.25, 0.3) is 0 Å². The predicted octanol–water partition coefficient (Wildman–Crippen LogP) is 3.99. The molecule has 0 radical (unpaired) electrons. The normalized spacial score (nSPS) is 36.8. The fourth-order valence-electron chi connectivity index (χ4n) is 3.24. The molecule has 1 aromatic rings. The Balaban J connectivity index is 1.73. The van der Waals surface area contributed by atoms with Crippen molar-refractivity contribution < 1.29 is 4.39 Å². The average molecular weight is 298 g/mol. The third-order valence-electron chi connectivity index (χ3n) is 4.14. The number of alkyl halides is 1. The van der Waals surface area contributed by atoms with E-state index in [0.717, 1.165) is 30.2 Å². The second-order valence-corrected chi connectivity index (χ2v) is 6.20. The van der Waals surface area contributed by atoms with Crippen molar-refractivity contribution in [2.75, 3.05) is 0 Å². The summed E-state index contributed by atoms with van der Waals surface area (Å²) >= 11 is 3.45. The van der Waals surface area contributed by atoms with Gasteiger partial charge in [-0.2, -0.15) is 0 Å². The van der Waals surface area contributed by atoms with E-state index in [1.165, 1.54) is 5.56 Å². The van der Waals surface area contributed by atoms with E-state index in [4.69, 9.17) is 0 Å². The molecule has 1 heterocycles. The standard InChI is InChI=1S/C14H17BrFN/c15-11-3-1-9(2-4-11)14-8-10-7-12(16)5-6-13(10)17-14/h1-4,10,12-14,17H,5-8H2. The zero-order chi connectivity index (χ0) is 11.8. The summed E-state index contributed by atoms with van der Waals surface area (Å²) in [6.45, 7) is 0. The van der Waals surface area contributed by atoms with Gasteiger partial charge in [0.05, 0.1) is 0 Å². The predicted molar refractivity (Wildman–Crippen MR) is 70.7 cm³/mol. The lowest BCUT2D eigenvalue weighted by molar-refractivity contribution is 0.186. The van der Waals surface area contributed by atoms with E-state index < -0.39 is 6.17 Å². The Labute approximate surface area is 110 Å². The molecule has 1 saturated heterocycles. The maximum absolute atomic E-state index is 13.4. The van der Waals surface area contributed by atoms with Crippen LogP contribution in [0.25, 0.3) is 0 Å². The lowest BCUT2D eigenvalue weighted by Gasteiger charge is -2.27. The summed E-state index contributed by atoms with van der Waals surface area (Å²) < 4.78 is 14.5. The average Bonchev–Trinajstić information content (AvgIpc) is 2.72. The Morgan fingerprint density at radius 1 is 1.12 bits per heavy atom. The summed E-state index contributed by atoms with van der Waals surface area (Å²) in [5.41, 5.74) is 1.33. The molecule has 1 N–H and O–H groups in total. The third-order valence-corrected chi connectivity index (χ3v) is 4.67. The van der Waals surface area contributed by atoms with Crippen LogP contribution in [0.2, 0.25) is 0 Å². The van der Waals surface area contributed by atoms with Gasteiger partial charge in [-0.15, -0.1) is 0 Å². The molecule has 1 aromatic carbocycles. The van der Waals surface area contributed by atoms with Gasteiger partial charge in [0, 0.05) is 16.6 Å². The molecule has 2 aliphatic rings. The fourth-order valence-corrected chi connectivity index (χ4v) is 3.51. The molecule has 92 valence electrons. The summed E-state index contributed by atoms with van der Waals surface area (Å²) in [6.07, 6.45) is 3.01. The Morgan fingerprint density at radius 2 is 1.88 bits per heavy atom. The maximum atomic E-state index is 13.4. The highest BCUT2D eigenvalue weighted by molar-refractivity contribution is 9.10. The van der Waals surface area contributed by atoms with E-state index in [-0.39, 0.29) is 0 Å². The zero-order valence-corrected chi connectivity index (χ0v) is 11.3. The molecular weight excluding hydrogens is 281 g/mol. The number of nitrogens with one attached hydrogen (secondary N) is 1. The molecule has 0 amide bonds. The topological polar surface area (TPSA) is 12.0 Å².